The van der Waals surface area contributed by atoms with E-state index in [1.165, 1.54) is 0 Å². The maximum absolute atomic E-state index is 11.8. The molecule has 0 fully saturated rings. The molecule has 2 amide bonds. The van der Waals surface area contributed by atoms with Crippen molar-refractivity contribution in [2.45, 2.75) is 39.3 Å². The summed E-state index contributed by atoms with van der Waals surface area (Å²) in [6.07, 6.45) is -3.12. The lowest BCUT2D eigenvalue weighted by molar-refractivity contribution is -0.173. The van der Waals surface area contributed by atoms with E-state index in [0.717, 1.165) is 12.8 Å². The van der Waals surface area contributed by atoms with Crippen LogP contribution < -0.4 is 10.6 Å². The molecule has 2 N–H and O–H groups in total. The topological polar surface area (TPSA) is 58.2 Å². The number of carbonyl (C=O) groups is 2. The molecule has 0 spiro atoms. The van der Waals surface area contributed by atoms with Crippen LogP contribution in [0, 0.1) is 5.92 Å². The Kier molecular flexibility index (Phi) is 7.38. The van der Waals surface area contributed by atoms with Gasteiger partial charge in [-0.05, 0) is 19.3 Å². The molecule has 0 aromatic heterocycles. The third kappa shape index (κ3) is 6.46. The summed E-state index contributed by atoms with van der Waals surface area (Å²) in [7, 11) is 0. The van der Waals surface area contributed by atoms with E-state index >= 15 is 0 Å². The summed E-state index contributed by atoms with van der Waals surface area (Å²) in [5, 5.41) is 4.36. The lowest BCUT2D eigenvalue weighted by Crippen LogP contribution is -2.38. The third-order valence-electron chi connectivity index (χ3n) is 2.55. The fourth-order valence-corrected chi connectivity index (χ4v) is 1.41. The highest BCUT2D eigenvalue weighted by Gasteiger charge is 2.38. The summed E-state index contributed by atoms with van der Waals surface area (Å²) in [6.45, 7) is 3.95. The van der Waals surface area contributed by atoms with Gasteiger partial charge in [0.05, 0.1) is 0 Å². The molecule has 0 aliphatic heterocycles. The molecule has 4 nitrogen and oxygen atoms in total. The molecule has 0 rings (SSSR count). The van der Waals surface area contributed by atoms with Gasteiger partial charge in [-0.1, -0.05) is 13.8 Å². The molecule has 0 heterocycles. The number of amides is 2. The van der Waals surface area contributed by atoms with Gasteiger partial charge in [0.25, 0.3) is 0 Å². The van der Waals surface area contributed by atoms with E-state index in [1.54, 1.807) is 5.32 Å². The highest BCUT2D eigenvalue weighted by atomic mass is 19.4. The standard InChI is InChI=1S/C11H19F3N2O2/c1-3-8(4-2)9(17)15-6-5-7-16-10(18)11(12,13)14/h8H,3-7H2,1-2H3,(H,15,17)(H,16,18). The van der Waals surface area contributed by atoms with Crippen LogP contribution in [0.15, 0.2) is 0 Å². The Balaban J connectivity index is 3.69. The first-order valence-electron chi connectivity index (χ1n) is 5.95. The van der Waals surface area contributed by atoms with Crippen LogP contribution in [-0.2, 0) is 9.59 Å². The van der Waals surface area contributed by atoms with Gasteiger partial charge in [0, 0.05) is 19.0 Å². The van der Waals surface area contributed by atoms with Crippen molar-refractivity contribution < 1.29 is 22.8 Å². The Labute approximate surface area is 104 Å². The van der Waals surface area contributed by atoms with Gasteiger partial charge < -0.3 is 10.6 Å². The Hall–Kier alpha value is -1.27. The van der Waals surface area contributed by atoms with Crippen LogP contribution in [0.5, 0.6) is 0 Å². The average molecular weight is 268 g/mol. The molecule has 0 aromatic carbocycles. The third-order valence-corrected chi connectivity index (χ3v) is 2.55. The van der Waals surface area contributed by atoms with Crippen molar-refractivity contribution in [3.8, 4) is 0 Å². The number of rotatable bonds is 7. The van der Waals surface area contributed by atoms with Crippen molar-refractivity contribution in [1.82, 2.24) is 10.6 Å². The van der Waals surface area contributed by atoms with E-state index in [4.69, 9.17) is 0 Å². The Morgan fingerprint density at radius 1 is 1.06 bits per heavy atom. The zero-order valence-electron chi connectivity index (χ0n) is 10.6. The van der Waals surface area contributed by atoms with Gasteiger partial charge >= 0.3 is 12.1 Å². The van der Waals surface area contributed by atoms with E-state index in [0.29, 0.717) is 0 Å². The van der Waals surface area contributed by atoms with Gasteiger partial charge in [0.1, 0.15) is 0 Å². The van der Waals surface area contributed by atoms with Crippen LogP contribution in [0.2, 0.25) is 0 Å². The van der Waals surface area contributed by atoms with Crippen LogP contribution in [0.3, 0.4) is 0 Å². The molecule has 0 atom stereocenters. The van der Waals surface area contributed by atoms with Crippen molar-refractivity contribution in [3.63, 3.8) is 0 Å². The summed E-state index contributed by atoms with van der Waals surface area (Å²) < 4.78 is 35.4. The number of alkyl halides is 3. The maximum atomic E-state index is 11.8. The van der Waals surface area contributed by atoms with Crippen LogP contribution in [0.4, 0.5) is 13.2 Å². The second kappa shape index (κ2) is 7.94. The number of nitrogens with one attached hydrogen (secondary N) is 2. The highest BCUT2D eigenvalue weighted by molar-refractivity contribution is 5.81. The van der Waals surface area contributed by atoms with Gasteiger partial charge in [0.2, 0.25) is 5.91 Å². The number of halogens is 3. The number of carbonyl (C=O) groups excluding carboxylic acids is 2. The second-order valence-electron chi connectivity index (χ2n) is 3.91. The molecule has 18 heavy (non-hydrogen) atoms. The first-order chi connectivity index (χ1) is 8.32. The Morgan fingerprint density at radius 3 is 2.00 bits per heavy atom. The molecule has 0 aliphatic carbocycles. The first kappa shape index (κ1) is 16.7. The molecule has 0 unspecified atom stereocenters. The average Bonchev–Trinajstić information content (AvgIpc) is 2.28. The summed E-state index contributed by atoms with van der Waals surface area (Å²) in [6, 6.07) is 0. The van der Waals surface area contributed by atoms with E-state index in [1.807, 2.05) is 13.8 Å². The zero-order valence-corrected chi connectivity index (χ0v) is 10.6. The lowest BCUT2D eigenvalue weighted by Gasteiger charge is -2.13. The summed E-state index contributed by atoms with van der Waals surface area (Å²) in [5.41, 5.74) is 0. The normalized spacial score (nSPS) is 11.4. The van der Waals surface area contributed by atoms with Gasteiger partial charge in [0.15, 0.2) is 0 Å². The molecule has 0 saturated heterocycles. The molecular formula is C11H19F3N2O2. The number of hydrogen-bond acceptors (Lipinski definition) is 2. The number of hydrogen-bond donors (Lipinski definition) is 2. The molecule has 0 aliphatic rings. The van der Waals surface area contributed by atoms with Crippen molar-refractivity contribution >= 4 is 11.8 Å². The lowest BCUT2D eigenvalue weighted by atomic mass is 10.0. The van der Waals surface area contributed by atoms with Crippen molar-refractivity contribution in [3.05, 3.63) is 0 Å². The Morgan fingerprint density at radius 2 is 1.56 bits per heavy atom. The largest absolute Gasteiger partial charge is 0.471 e. The van der Waals surface area contributed by atoms with Gasteiger partial charge in [-0.25, -0.2) is 0 Å². The smallest absolute Gasteiger partial charge is 0.356 e. The minimum atomic E-state index is -4.85. The van der Waals surface area contributed by atoms with Crippen molar-refractivity contribution in [2.75, 3.05) is 13.1 Å². The van der Waals surface area contributed by atoms with Crippen LogP contribution >= 0.6 is 0 Å². The van der Waals surface area contributed by atoms with Crippen molar-refractivity contribution in [2.24, 2.45) is 5.92 Å². The Bertz CT molecular complexity index is 276. The molecular weight excluding hydrogens is 249 g/mol. The molecule has 106 valence electrons. The summed E-state index contributed by atoms with van der Waals surface area (Å²) in [5.74, 6) is -2.11. The van der Waals surface area contributed by atoms with E-state index < -0.39 is 12.1 Å². The van der Waals surface area contributed by atoms with E-state index in [2.05, 4.69) is 5.32 Å². The first-order valence-corrected chi connectivity index (χ1v) is 5.95. The molecule has 0 saturated carbocycles. The van der Waals surface area contributed by atoms with Crippen molar-refractivity contribution in [1.29, 1.82) is 0 Å². The quantitative estimate of drug-likeness (QED) is 0.689. The zero-order chi connectivity index (χ0) is 14.2. The van der Waals surface area contributed by atoms with Gasteiger partial charge in [-0.2, -0.15) is 13.2 Å². The maximum Gasteiger partial charge on any atom is 0.471 e. The molecule has 0 aromatic rings. The predicted octanol–water partition coefficient (Wildman–Crippen LogP) is 1.61. The fourth-order valence-electron chi connectivity index (χ4n) is 1.41. The molecule has 7 heteroatoms. The van der Waals surface area contributed by atoms with E-state index in [-0.39, 0.29) is 31.3 Å². The van der Waals surface area contributed by atoms with Crippen LogP contribution in [0.25, 0.3) is 0 Å². The fraction of sp³-hybridized carbons (Fsp3) is 0.818. The second-order valence-corrected chi connectivity index (χ2v) is 3.91. The van der Waals surface area contributed by atoms with E-state index in [9.17, 15) is 22.8 Å². The minimum Gasteiger partial charge on any atom is -0.356 e. The van der Waals surface area contributed by atoms with Crippen LogP contribution in [0.1, 0.15) is 33.1 Å². The SMILES string of the molecule is CCC(CC)C(=O)NCCCNC(=O)C(F)(F)F. The van der Waals surface area contributed by atoms with Gasteiger partial charge in [-0.15, -0.1) is 0 Å². The molecule has 0 bridgehead atoms. The monoisotopic (exact) mass is 268 g/mol. The minimum absolute atomic E-state index is 0.0604. The van der Waals surface area contributed by atoms with Crippen LogP contribution in [-0.4, -0.2) is 31.1 Å². The summed E-state index contributed by atoms with van der Waals surface area (Å²) in [4.78, 5) is 21.9. The van der Waals surface area contributed by atoms with Gasteiger partial charge in [-0.3, -0.25) is 9.59 Å². The highest BCUT2D eigenvalue weighted by Crippen LogP contribution is 2.13. The predicted molar refractivity (Wildman–Crippen MR) is 60.8 cm³/mol. The molecule has 0 radical (unpaired) electrons. The summed E-state index contributed by atoms with van der Waals surface area (Å²) >= 11 is 0.